The Bertz CT molecular complexity index is 1760. The van der Waals surface area contributed by atoms with Crippen LogP contribution in [0.1, 0.15) is 27.2 Å². The lowest BCUT2D eigenvalue weighted by Crippen LogP contribution is -2.67. The van der Waals surface area contributed by atoms with Crippen LogP contribution in [0.15, 0.2) is 0 Å². The molecule has 0 bridgehead atoms. The van der Waals surface area contributed by atoms with Crippen LogP contribution in [-0.2, 0) is 65.9 Å². The summed E-state index contributed by atoms with van der Waals surface area (Å²) in [5, 5.41) is 183. The first-order chi connectivity index (χ1) is 34.7. The van der Waals surface area contributed by atoms with Gasteiger partial charge >= 0.3 is 0 Å². The van der Waals surface area contributed by atoms with Crippen molar-refractivity contribution < 1.29 is 163 Å². The van der Waals surface area contributed by atoms with Crippen LogP contribution in [0.4, 0.5) is 0 Å². The van der Waals surface area contributed by atoms with Crippen molar-refractivity contribution >= 4 is 7.82 Å². The molecule has 6 fully saturated rings. The van der Waals surface area contributed by atoms with Gasteiger partial charge in [-0.3, -0.25) is 0 Å². The summed E-state index contributed by atoms with van der Waals surface area (Å²) >= 11 is 0. The highest BCUT2D eigenvalue weighted by Gasteiger charge is 2.56. The van der Waals surface area contributed by atoms with Crippen molar-refractivity contribution in [3.63, 3.8) is 0 Å². The van der Waals surface area contributed by atoms with Crippen molar-refractivity contribution in [1.29, 1.82) is 0 Å². The Labute approximate surface area is 420 Å². The van der Waals surface area contributed by atoms with E-state index < -0.39 is 231 Å². The molecule has 6 heterocycles. The molecule has 6 rings (SSSR count). The zero-order valence-corrected chi connectivity index (χ0v) is 40.6. The third-order valence-electron chi connectivity index (χ3n) is 13.2. The fourth-order valence-corrected chi connectivity index (χ4v) is 9.29. The van der Waals surface area contributed by atoms with E-state index in [0.29, 0.717) is 0 Å². The van der Waals surface area contributed by atoms with E-state index in [4.69, 9.17) is 56.8 Å². The standard InChI is InChI=1S/C40H71O33P/c1-4-11-17(43)23(49)29(55)36(65-11)72-33-26(52)18(44)12(5-41)66-39(33)62-7-14-20(46)24(50)28(54)35(68-14)61-8-15-22(48)32(31(57)38(69-15)64-10(2)3)71-40-34(27(53)19(45)13(6-42)67-40)73-37-30(56)25(51)21(47)16(70-37)9-63-74(58,59)60/h10-57H,4-9H2,1-3H3,(H2,58,59,60)/p-2/t11?,12?,13?,14?,15?,16?,17-,18-,19-,20-,21-,22-,23+,24+,25+,26+,27+,28?,29?,30?,31?,32+,33?,34?,35+,36+,37-,38-,39+,40-/m1/s1. The van der Waals surface area contributed by atoms with Gasteiger partial charge in [0.1, 0.15) is 140 Å². The first-order valence-electron chi connectivity index (χ1n) is 23.6. The van der Waals surface area contributed by atoms with Crippen LogP contribution >= 0.6 is 7.82 Å². The summed E-state index contributed by atoms with van der Waals surface area (Å²) in [7, 11) is -5.67. The highest BCUT2D eigenvalue weighted by Crippen LogP contribution is 2.36. The van der Waals surface area contributed by atoms with Gasteiger partial charge in [0.15, 0.2) is 37.7 Å². The van der Waals surface area contributed by atoms with Crippen molar-refractivity contribution in [2.24, 2.45) is 0 Å². The average Bonchev–Trinajstić information content (AvgIpc) is 3.35. The Morgan fingerprint density at radius 3 is 1.26 bits per heavy atom. The number of ether oxygens (including phenoxy) is 12. The molecule has 34 heteroatoms. The Morgan fingerprint density at radius 2 is 0.770 bits per heavy atom. The molecule has 6 saturated heterocycles. The van der Waals surface area contributed by atoms with Gasteiger partial charge in [0.2, 0.25) is 0 Å². The van der Waals surface area contributed by atoms with Gasteiger partial charge in [-0.1, -0.05) is 6.92 Å². The molecule has 17 N–H and O–H groups in total. The topological polar surface area (TPSA) is 527 Å². The molecular weight excluding hydrogens is 1040 g/mol. The number of phosphoric acid groups is 1. The smallest absolute Gasteiger partial charge is 0.187 e. The molecule has 74 heavy (non-hydrogen) atoms. The number of aliphatic hydroxyl groups excluding tert-OH is 17. The van der Waals surface area contributed by atoms with Crippen LogP contribution in [0.2, 0.25) is 0 Å². The second-order valence-corrected chi connectivity index (χ2v) is 19.9. The van der Waals surface area contributed by atoms with Crippen LogP contribution in [0, 0.1) is 0 Å². The van der Waals surface area contributed by atoms with Crippen LogP contribution < -0.4 is 9.79 Å². The van der Waals surface area contributed by atoms with Gasteiger partial charge in [-0.05, 0) is 20.3 Å². The van der Waals surface area contributed by atoms with Gasteiger partial charge < -0.3 is 163 Å². The molecule has 6 aliphatic heterocycles. The van der Waals surface area contributed by atoms with E-state index in [1.54, 1.807) is 6.92 Å². The fraction of sp³-hybridized carbons (Fsp3) is 1.00. The third kappa shape index (κ3) is 14.1. The Hall–Kier alpha value is -1.05. The molecular formula is C40H69O33P-2. The largest absolute Gasteiger partial charge is 0.790 e. The second kappa shape index (κ2) is 26.5. The van der Waals surface area contributed by atoms with Crippen molar-refractivity contribution in [1.82, 2.24) is 0 Å². The third-order valence-corrected chi connectivity index (χ3v) is 13.7. The number of hydrogen-bond donors (Lipinski definition) is 17. The minimum absolute atomic E-state index is 0.134. The van der Waals surface area contributed by atoms with Gasteiger partial charge in [0, 0.05) is 0 Å². The zero-order valence-electron chi connectivity index (χ0n) is 39.7. The van der Waals surface area contributed by atoms with Crippen LogP contribution in [-0.4, -0.2) is 310 Å². The Morgan fingerprint density at radius 1 is 0.405 bits per heavy atom. The predicted octanol–water partition coefficient (Wildman–Crippen LogP) is -12.4. The summed E-state index contributed by atoms with van der Waals surface area (Å²) in [4.78, 5) is 22.3. The van der Waals surface area contributed by atoms with E-state index >= 15 is 0 Å². The molecule has 12 unspecified atom stereocenters. The van der Waals surface area contributed by atoms with E-state index in [1.165, 1.54) is 13.8 Å². The van der Waals surface area contributed by atoms with Crippen molar-refractivity contribution in [2.75, 3.05) is 33.0 Å². The molecule has 30 atom stereocenters. The maximum Gasteiger partial charge on any atom is 0.187 e. The molecule has 434 valence electrons. The molecule has 33 nitrogen and oxygen atoms in total. The molecule has 0 spiro atoms. The highest BCUT2D eigenvalue weighted by atomic mass is 31.2. The molecule has 0 aliphatic carbocycles. The van der Waals surface area contributed by atoms with Gasteiger partial charge in [0.05, 0.1) is 53.1 Å². The summed E-state index contributed by atoms with van der Waals surface area (Å²) in [5.41, 5.74) is 0. The molecule has 0 aromatic rings. The molecule has 0 aromatic carbocycles. The van der Waals surface area contributed by atoms with E-state index in [2.05, 4.69) is 4.52 Å². The Kier molecular flexibility index (Phi) is 22.2. The number of phosphoric ester groups is 1. The molecule has 0 radical (unpaired) electrons. The lowest BCUT2D eigenvalue weighted by atomic mass is 9.96. The number of rotatable bonds is 20. The maximum atomic E-state index is 11.7. The number of hydrogen-bond acceptors (Lipinski definition) is 33. The summed E-state index contributed by atoms with van der Waals surface area (Å²) in [6, 6.07) is 0. The normalized spacial score (nSPS) is 49.8. The van der Waals surface area contributed by atoms with Crippen molar-refractivity contribution in [3.8, 4) is 0 Å². The van der Waals surface area contributed by atoms with Crippen LogP contribution in [0.3, 0.4) is 0 Å². The van der Waals surface area contributed by atoms with Gasteiger partial charge in [-0.2, -0.15) is 0 Å². The van der Waals surface area contributed by atoms with Crippen LogP contribution in [0.5, 0.6) is 0 Å². The van der Waals surface area contributed by atoms with Gasteiger partial charge in [-0.25, -0.2) is 0 Å². The first-order valence-corrected chi connectivity index (χ1v) is 25.1. The van der Waals surface area contributed by atoms with Crippen molar-refractivity contribution in [3.05, 3.63) is 0 Å². The second-order valence-electron chi connectivity index (χ2n) is 18.8. The summed E-state index contributed by atoms with van der Waals surface area (Å²) in [5.74, 6) is 0. The minimum Gasteiger partial charge on any atom is -0.790 e. The monoisotopic (exact) mass is 1110 g/mol. The predicted molar refractivity (Wildman–Crippen MR) is 223 cm³/mol. The quantitative estimate of drug-likeness (QED) is 0.0503. The van der Waals surface area contributed by atoms with E-state index in [9.17, 15) is 101 Å². The van der Waals surface area contributed by atoms with Crippen molar-refractivity contribution in [2.45, 2.75) is 218 Å². The molecule has 0 saturated carbocycles. The SMILES string of the molecule is CCC1O[C@@H](OC2[C@@H](OCC3O[C@H](OCC4O[C@@H](OC(C)C)C(O)[C@@H](O[C@H]5OC(CO)[C@@H](O)[C@H](O)C5O[C@H]5OC(COP(=O)([O-])[O-])[C@@H](O)[C@H](O)C5O)[C@@H]4O)C(O)[C@@H](O)[C@@H]3O)OC(CO)[C@@H](O)[C@@H]2O)C(O)[C@@H](O)[C@@H]1O. The van der Waals surface area contributed by atoms with Gasteiger partial charge in [-0.15, -0.1) is 0 Å². The van der Waals surface area contributed by atoms with E-state index in [1.807, 2.05) is 0 Å². The lowest BCUT2D eigenvalue weighted by molar-refractivity contribution is -0.393. The molecule has 0 amide bonds. The van der Waals surface area contributed by atoms with Crippen LogP contribution in [0.25, 0.3) is 0 Å². The van der Waals surface area contributed by atoms with E-state index in [0.717, 1.165) is 0 Å². The minimum atomic E-state index is -5.67. The summed E-state index contributed by atoms with van der Waals surface area (Å²) < 4.78 is 83.5. The molecule has 6 aliphatic rings. The Balaban J connectivity index is 1.17. The lowest BCUT2D eigenvalue weighted by Gasteiger charge is -2.49. The zero-order chi connectivity index (χ0) is 54.8. The fourth-order valence-electron chi connectivity index (χ4n) is 8.96. The van der Waals surface area contributed by atoms with Gasteiger partial charge in [0.25, 0.3) is 0 Å². The first kappa shape index (κ1) is 62.2. The molecule has 0 aromatic heterocycles. The highest BCUT2D eigenvalue weighted by molar-refractivity contribution is 7.43. The van der Waals surface area contributed by atoms with E-state index in [-0.39, 0.29) is 6.42 Å². The average molecular weight is 1110 g/mol. The number of aliphatic hydroxyl groups is 17. The maximum absolute atomic E-state index is 11.7. The summed E-state index contributed by atoms with van der Waals surface area (Å²) in [6.07, 6.45) is -56.9. The summed E-state index contributed by atoms with van der Waals surface area (Å²) in [6.45, 7) is -0.0471.